The summed E-state index contributed by atoms with van der Waals surface area (Å²) in [5.74, 6) is 1.13. The summed E-state index contributed by atoms with van der Waals surface area (Å²) in [6, 6.07) is 15.2. The standard InChI is InChI=1S/C34H40ClN7O2/c1-4-31(43)42-19-18-41(20-25(42)14-16-36)33-26-15-17-40(30-13-6-9-23-8-5-11-27(35)32(23)30)21-28(26)37-34(38-33)44-22-24-10-7-12-29(24)39(2)3/h4-6,8-9,11,13,24-25,29H,1,7,10,12,14-15,17-22H2,2-3H3/t24-,25+,29+/m1/s1. The molecule has 0 N–H and O–H groups in total. The molecule has 44 heavy (non-hydrogen) atoms. The Bertz CT molecular complexity index is 1580. The van der Waals surface area contributed by atoms with Crippen molar-refractivity contribution in [3.05, 3.63) is 65.3 Å². The fraction of sp³-hybridized carbons (Fsp3) is 0.471. The number of ether oxygens (including phenoxy) is 1. The summed E-state index contributed by atoms with van der Waals surface area (Å²) in [7, 11) is 4.28. The van der Waals surface area contributed by atoms with E-state index < -0.39 is 0 Å². The molecule has 230 valence electrons. The van der Waals surface area contributed by atoms with E-state index in [1.54, 1.807) is 4.90 Å². The van der Waals surface area contributed by atoms with Gasteiger partial charge in [0.1, 0.15) is 5.82 Å². The van der Waals surface area contributed by atoms with Gasteiger partial charge >= 0.3 is 6.01 Å². The summed E-state index contributed by atoms with van der Waals surface area (Å²) in [6.07, 6.45) is 5.83. The summed E-state index contributed by atoms with van der Waals surface area (Å²) in [6.45, 7) is 7.25. The van der Waals surface area contributed by atoms with Gasteiger partial charge in [-0.3, -0.25) is 4.79 Å². The first-order chi connectivity index (χ1) is 21.4. The van der Waals surface area contributed by atoms with E-state index in [2.05, 4.69) is 65.7 Å². The summed E-state index contributed by atoms with van der Waals surface area (Å²) >= 11 is 6.72. The lowest BCUT2D eigenvalue weighted by Gasteiger charge is -2.42. The second kappa shape index (κ2) is 13.0. The number of carbonyl (C=O) groups excluding carboxylic acids is 1. The molecule has 10 heteroatoms. The zero-order chi connectivity index (χ0) is 30.8. The highest BCUT2D eigenvalue weighted by molar-refractivity contribution is 6.36. The zero-order valence-electron chi connectivity index (χ0n) is 25.6. The molecule has 9 nitrogen and oxygen atoms in total. The fourth-order valence-electron chi connectivity index (χ4n) is 7.27. The Balaban J connectivity index is 1.34. The molecule has 2 aromatic carbocycles. The third-order valence-corrected chi connectivity index (χ3v) is 9.79. The molecule has 3 aromatic rings. The normalized spacial score (nSPS) is 21.8. The van der Waals surface area contributed by atoms with Crippen LogP contribution in [0, 0.1) is 17.2 Å². The quantitative estimate of drug-likeness (QED) is 0.325. The molecule has 1 saturated heterocycles. The van der Waals surface area contributed by atoms with Crippen molar-refractivity contribution in [3.8, 4) is 12.1 Å². The third-order valence-electron chi connectivity index (χ3n) is 9.47. The highest BCUT2D eigenvalue weighted by Crippen LogP contribution is 2.37. The first-order valence-electron chi connectivity index (χ1n) is 15.5. The number of nitrogens with zero attached hydrogens (tertiary/aromatic N) is 7. The van der Waals surface area contributed by atoms with Gasteiger partial charge in [0.25, 0.3) is 0 Å². The molecular weight excluding hydrogens is 574 g/mol. The smallest absolute Gasteiger partial charge is 0.318 e. The Morgan fingerprint density at radius 2 is 1.98 bits per heavy atom. The largest absolute Gasteiger partial charge is 0.463 e. The monoisotopic (exact) mass is 613 g/mol. The Labute approximate surface area is 264 Å². The SMILES string of the molecule is C=CC(=O)N1CCN(c2nc(OC[C@H]3CCC[C@@H]3N(C)C)nc3c2CCN(c2cccc4cccc(Cl)c24)C3)C[C@@H]1CC#N. The lowest BCUT2D eigenvalue weighted by molar-refractivity contribution is -0.128. The van der Waals surface area contributed by atoms with E-state index in [1.807, 2.05) is 12.1 Å². The van der Waals surface area contributed by atoms with Gasteiger partial charge in [0.15, 0.2) is 0 Å². The Hall–Kier alpha value is -3.87. The first-order valence-corrected chi connectivity index (χ1v) is 15.9. The fourth-order valence-corrected chi connectivity index (χ4v) is 7.55. The van der Waals surface area contributed by atoms with Crippen molar-refractivity contribution in [2.45, 2.75) is 50.7 Å². The van der Waals surface area contributed by atoms with Crippen LogP contribution in [-0.2, 0) is 17.8 Å². The van der Waals surface area contributed by atoms with E-state index in [0.29, 0.717) is 50.8 Å². The zero-order valence-corrected chi connectivity index (χ0v) is 26.3. The number of fused-ring (bicyclic) bond motifs is 2. The van der Waals surface area contributed by atoms with Crippen molar-refractivity contribution in [2.24, 2.45) is 5.92 Å². The lowest BCUT2D eigenvalue weighted by atomic mass is 10.0. The number of aromatic nitrogens is 2. The molecular formula is C34H40ClN7O2. The molecule has 0 radical (unpaired) electrons. The topological polar surface area (TPSA) is 88.8 Å². The number of hydrogen-bond donors (Lipinski definition) is 0. The Morgan fingerprint density at radius 3 is 2.75 bits per heavy atom. The van der Waals surface area contributed by atoms with Crippen molar-refractivity contribution in [3.63, 3.8) is 0 Å². The molecule has 3 atom stereocenters. The van der Waals surface area contributed by atoms with Crippen molar-refractivity contribution in [1.82, 2.24) is 19.8 Å². The number of anilines is 2. The average Bonchev–Trinajstić information content (AvgIpc) is 3.52. The summed E-state index contributed by atoms with van der Waals surface area (Å²) in [4.78, 5) is 31.2. The molecule has 1 aliphatic carbocycles. The van der Waals surface area contributed by atoms with Crippen LogP contribution in [0.2, 0.25) is 5.02 Å². The molecule has 3 aliphatic rings. The molecule has 6 rings (SSSR count). The van der Waals surface area contributed by atoms with Gasteiger partial charge in [0.2, 0.25) is 5.91 Å². The molecule has 0 spiro atoms. The summed E-state index contributed by atoms with van der Waals surface area (Å²) in [5.41, 5.74) is 3.13. The van der Waals surface area contributed by atoms with Gasteiger partial charge in [-0.05, 0) is 57.0 Å². The predicted octanol–water partition coefficient (Wildman–Crippen LogP) is 5.07. The molecule has 1 saturated carbocycles. The van der Waals surface area contributed by atoms with E-state index in [-0.39, 0.29) is 18.4 Å². The van der Waals surface area contributed by atoms with E-state index in [9.17, 15) is 10.1 Å². The first kappa shape index (κ1) is 30.2. The van der Waals surface area contributed by atoms with Crippen LogP contribution in [0.25, 0.3) is 10.8 Å². The summed E-state index contributed by atoms with van der Waals surface area (Å²) < 4.78 is 6.40. The molecule has 2 fully saturated rings. The number of hydrogen-bond acceptors (Lipinski definition) is 8. The van der Waals surface area contributed by atoms with Gasteiger partial charge in [0, 0.05) is 54.8 Å². The maximum atomic E-state index is 12.6. The van der Waals surface area contributed by atoms with Crippen LogP contribution in [0.5, 0.6) is 6.01 Å². The average molecular weight is 614 g/mol. The van der Waals surface area contributed by atoms with Crippen molar-refractivity contribution in [1.29, 1.82) is 5.26 Å². The molecule has 3 heterocycles. The molecule has 0 unspecified atom stereocenters. The van der Waals surface area contributed by atoms with Gasteiger partial charge in [-0.15, -0.1) is 0 Å². The van der Waals surface area contributed by atoms with Crippen LogP contribution in [-0.4, -0.2) is 84.6 Å². The minimum Gasteiger partial charge on any atom is -0.463 e. The van der Waals surface area contributed by atoms with Crippen molar-refractivity contribution in [2.75, 3.05) is 56.7 Å². The number of benzene rings is 2. The molecule has 0 bridgehead atoms. The number of nitriles is 1. The minimum absolute atomic E-state index is 0.143. The van der Waals surface area contributed by atoms with Crippen LogP contribution >= 0.6 is 11.6 Å². The number of halogens is 1. The second-order valence-electron chi connectivity index (χ2n) is 12.3. The van der Waals surface area contributed by atoms with Crippen LogP contribution < -0.4 is 14.5 Å². The maximum Gasteiger partial charge on any atom is 0.318 e. The summed E-state index contributed by atoms with van der Waals surface area (Å²) in [5, 5.41) is 12.4. The van der Waals surface area contributed by atoms with Crippen LogP contribution in [0.1, 0.15) is 36.9 Å². The number of carbonyl (C=O) groups is 1. The lowest BCUT2D eigenvalue weighted by Crippen LogP contribution is -2.55. The van der Waals surface area contributed by atoms with Crippen LogP contribution in [0.4, 0.5) is 11.5 Å². The van der Waals surface area contributed by atoms with Gasteiger partial charge in [0.05, 0.1) is 42.4 Å². The third kappa shape index (κ3) is 5.93. The van der Waals surface area contributed by atoms with E-state index in [1.165, 1.54) is 18.9 Å². The highest BCUT2D eigenvalue weighted by atomic mass is 35.5. The predicted molar refractivity (Wildman–Crippen MR) is 174 cm³/mol. The number of piperazine rings is 1. The maximum absolute atomic E-state index is 12.6. The van der Waals surface area contributed by atoms with Gasteiger partial charge in [-0.2, -0.15) is 15.2 Å². The van der Waals surface area contributed by atoms with Gasteiger partial charge in [-0.25, -0.2) is 0 Å². The van der Waals surface area contributed by atoms with Gasteiger partial charge in [-0.1, -0.05) is 48.9 Å². The highest BCUT2D eigenvalue weighted by Gasteiger charge is 2.34. The Morgan fingerprint density at radius 1 is 1.16 bits per heavy atom. The van der Waals surface area contributed by atoms with Crippen LogP contribution in [0.3, 0.4) is 0 Å². The van der Waals surface area contributed by atoms with Gasteiger partial charge < -0.3 is 24.3 Å². The molecule has 1 aromatic heterocycles. The van der Waals surface area contributed by atoms with Crippen LogP contribution in [0.15, 0.2) is 49.1 Å². The number of amides is 1. The Kier molecular flexibility index (Phi) is 8.92. The molecule has 2 aliphatic heterocycles. The van der Waals surface area contributed by atoms with Crippen molar-refractivity contribution >= 4 is 39.8 Å². The van der Waals surface area contributed by atoms with Crippen molar-refractivity contribution < 1.29 is 9.53 Å². The molecule has 1 amide bonds. The second-order valence-corrected chi connectivity index (χ2v) is 12.7. The van der Waals surface area contributed by atoms with E-state index in [0.717, 1.165) is 57.9 Å². The number of rotatable bonds is 8. The minimum atomic E-state index is -0.244. The van der Waals surface area contributed by atoms with E-state index >= 15 is 0 Å². The van der Waals surface area contributed by atoms with E-state index in [4.69, 9.17) is 26.3 Å².